The Kier molecular flexibility index (Phi) is 3.19. The quantitative estimate of drug-likeness (QED) is 0.428. The van der Waals surface area contributed by atoms with Crippen molar-refractivity contribution in [3.63, 3.8) is 0 Å². The summed E-state index contributed by atoms with van der Waals surface area (Å²) < 4.78 is 0. The van der Waals surface area contributed by atoms with Gasteiger partial charge in [-0.3, -0.25) is 9.97 Å². The van der Waals surface area contributed by atoms with Crippen LogP contribution in [0.1, 0.15) is 17.5 Å². The number of hydrogen-bond donors (Lipinski definition) is 1. The lowest BCUT2D eigenvalue weighted by Crippen LogP contribution is -2.06. The maximum Gasteiger partial charge on any atom is 0.103 e. The van der Waals surface area contributed by atoms with Crippen molar-refractivity contribution in [2.45, 2.75) is 13.0 Å². The zero-order valence-electron chi connectivity index (χ0n) is 7.12. The van der Waals surface area contributed by atoms with Crippen LogP contribution in [-0.2, 0) is 0 Å². The second-order valence-electron chi connectivity index (χ2n) is 2.46. The van der Waals surface area contributed by atoms with E-state index in [1.807, 2.05) is 0 Å². The second-order valence-corrected chi connectivity index (χ2v) is 2.46. The van der Waals surface area contributed by atoms with E-state index in [-0.39, 0.29) is 6.54 Å². The maximum atomic E-state index is 9.47. The van der Waals surface area contributed by atoms with Crippen molar-refractivity contribution in [2.24, 2.45) is 5.11 Å². The largest absolute Gasteiger partial charge is 0.387 e. The highest BCUT2D eigenvalue weighted by Crippen LogP contribution is 2.12. The van der Waals surface area contributed by atoms with E-state index >= 15 is 0 Å². The molecule has 0 aliphatic carbocycles. The highest BCUT2D eigenvalue weighted by Gasteiger charge is 2.10. The molecule has 0 saturated heterocycles. The average Bonchev–Trinajstić information content (AvgIpc) is 2.15. The first kappa shape index (κ1) is 9.44. The molecule has 0 bridgehead atoms. The molecule has 1 N–H and O–H groups in total. The van der Waals surface area contributed by atoms with Crippen LogP contribution >= 0.6 is 0 Å². The van der Waals surface area contributed by atoms with Crippen LogP contribution < -0.4 is 0 Å². The topological polar surface area (TPSA) is 94.8 Å². The third kappa shape index (κ3) is 2.40. The predicted octanol–water partition coefficient (Wildman–Crippen LogP) is 1.13. The first-order valence-electron chi connectivity index (χ1n) is 3.72. The first-order chi connectivity index (χ1) is 6.25. The van der Waals surface area contributed by atoms with Crippen LogP contribution in [0.25, 0.3) is 10.4 Å². The zero-order chi connectivity index (χ0) is 9.68. The Morgan fingerprint density at radius 2 is 2.31 bits per heavy atom. The Labute approximate surface area is 74.9 Å². The summed E-state index contributed by atoms with van der Waals surface area (Å²) in [4.78, 5) is 10.4. The third-order valence-corrected chi connectivity index (χ3v) is 1.55. The van der Waals surface area contributed by atoms with Crippen LogP contribution in [0.2, 0.25) is 0 Å². The fourth-order valence-corrected chi connectivity index (χ4v) is 0.946. The zero-order valence-corrected chi connectivity index (χ0v) is 7.12. The molecule has 68 valence electrons. The van der Waals surface area contributed by atoms with Crippen molar-refractivity contribution >= 4 is 0 Å². The Bertz CT molecular complexity index is 333. The Hall–Kier alpha value is -1.65. The van der Waals surface area contributed by atoms with Crippen LogP contribution in [0.5, 0.6) is 0 Å². The predicted molar refractivity (Wildman–Crippen MR) is 45.7 cm³/mol. The van der Waals surface area contributed by atoms with Gasteiger partial charge < -0.3 is 5.11 Å². The fourth-order valence-electron chi connectivity index (χ4n) is 0.946. The highest BCUT2D eigenvalue weighted by atomic mass is 16.3. The van der Waals surface area contributed by atoms with E-state index in [0.29, 0.717) is 11.4 Å². The summed E-state index contributed by atoms with van der Waals surface area (Å²) in [5, 5.41) is 12.7. The monoisotopic (exact) mass is 179 g/mol. The maximum absolute atomic E-state index is 9.47. The van der Waals surface area contributed by atoms with Crippen LogP contribution in [0, 0.1) is 6.92 Å². The van der Waals surface area contributed by atoms with Gasteiger partial charge in [-0.2, -0.15) is 0 Å². The lowest BCUT2D eigenvalue weighted by atomic mass is 10.2. The van der Waals surface area contributed by atoms with Crippen LogP contribution in [0.4, 0.5) is 0 Å². The third-order valence-electron chi connectivity index (χ3n) is 1.55. The summed E-state index contributed by atoms with van der Waals surface area (Å²) in [5.41, 5.74) is 9.14. The molecular formula is C7H9N5O. The number of aryl methyl sites for hydroxylation is 1. The van der Waals surface area contributed by atoms with Gasteiger partial charge in [0.15, 0.2) is 0 Å². The number of hydrogen-bond acceptors (Lipinski definition) is 4. The molecule has 1 atom stereocenters. The van der Waals surface area contributed by atoms with E-state index in [4.69, 9.17) is 5.53 Å². The molecule has 0 aromatic carbocycles. The molecule has 0 amide bonds. The van der Waals surface area contributed by atoms with Gasteiger partial charge >= 0.3 is 0 Å². The Morgan fingerprint density at radius 3 is 2.92 bits per heavy atom. The van der Waals surface area contributed by atoms with Gasteiger partial charge in [0.25, 0.3) is 0 Å². The second kappa shape index (κ2) is 4.39. The molecule has 0 radical (unpaired) electrons. The molecule has 13 heavy (non-hydrogen) atoms. The Morgan fingerprint density at radius 1 is 1.62 bits per heavy atom. The number of rotatable bonds is 3. The summed E-state index contributed by atoms with van der Waals surface area (Å²) in [6.07, 6.45) is 2.16. The number of azide groups is 1. The van der Waals surface area contributed by atoms with Crippen LogP contribution in [0.3, 0.4) is 0 Å². The Balaban J connectivity index is 2.81. The number of aromatic nitrogens is 2. The van der Waals surface area contributed by atoms with Gasteiger partial charge in [-0.05, 0) is 12.5 Å². The standard InChI is InChI=1S/C7H9N5O/c1-5-7(10-3-2-9-5)6(13)4-11-12-8/h2-3,6,13H,4H2,1H3/t6-/m0/s1. The van der Waals surface area contributed by atoms with Crippen molar-refractivity contribution in [3.8, 4) is 0 Å². The molecule has 0 unspecified atom stereocenters. The summed E-state index contributed by atoms with van der Waals surface area (Å²) in [5.74, 6) is 0. The molecule has 1 heterocycles. The summed E-state index contributed by atoms with van der Waals surface area (Å²) in [6.45, 7) is 1.72. The van der Waals surface area contributed by atoms with Crippen LogP contribution in [-0.4, -0.2) is 21.6 Å². The number of nitrogens with zero attached hydrogens (tertiary/aromatic N) is 5. The van der Waals surface area contributed by atoms with E-state index in [9.17, 15) is 5.11 Å². The van der Waals surface area contributed by atoms with Gasteiger partial charge in [-0.1, -0.05) is 5.11 Å². The SMILES string of the molecule is Cc1nccnc1[C@@H](O)CN=[N+]=[N-]. The fraction of sp³-hybridized carbons (Fsp3) is 0.429. The average molecular weight is 179 g/mol. The van der Waals surface area contributed by atoms with E-state index in [1.165, 1.54) is 6.20 Å². The highest BCUT2D eigenvalue weighted by molar-refractivity contribution is 5.11. The van der Waals surface area contributed by atoms with Gasteiger partial charge in [0.1, 0.15) is 6.10 Å². The molecule has 0 saturated carbocycles. The smallest absolute Gasteiger partial charge is 0.103 e. The van der Waals surface area contributed by atoms with Crippen molar-refractivity contribution in [3.05, 3.63) is 34.2 Å². The van der Waals surface area contributed by atoms with Crippen molar-refractivity contribution in [2.75, 3.05) is 6.54 Å². The van der Waals surface area contributed by atoms with Crippen molar-refractivity contribution < 1.29 is 5.11 Å². The minimum absolute atomic E-state index is 0.0178. The molecule has 1 aromatic rings. The normalized spacial score (nSPS) is 11.8. The van der Waals surface area contributed by atoms with Gasteiger partial charge in [0.05, 0.1) is 17.9 Å². The van der Waals surface area contributed by atoms with Crippen molar-refractivity contribution in [1.82, 2.24) is 9.97 Å². The van der Waals surface area contributed by atoms with E-state index < -0.39 is 6.10 Å². The summed E-state index contributed by atoms with van der Waals surface area (Å²) in [6, 6.07) is 0. The molecule has 1 aromatic heterocycles. The molecular weight excluding hydrogens is 170 g/mol. The minimum atomic E-state index is -0.871. The van der Waals surface area contributed by atoms with Gasteiger partial charge in [-0.25, -0.2) is 0 Å². The van der Waals surface area contributed by atoms with Gasteiger partial charge in [-0.15, -0.1) is 0 Å². The van der Waals surface area contributed by atoms with E-state index in [1.54, 1.807) is 13.1 Å². The van der Waals surface area contributed by atoms with Gasteiger partial charge in [0, 0.05) is 17.3 Å². The lowest BCUT2D eigenvalue weighted by molar-refractivity contribution is 0.180. The molecule has 1 rings (SSSR count). The van der Waals surface area contributed by atoms with Crippen molar-refractivity contribution in [1.29, 1.82) is 0 Å². The minimum Gasteiger partial charge on any atom is -0.387 e. The first-order valence-corrected chi connectivity index (χ1v) is 3.72. The molecule has 0 aliphatic rings. The molecule has 6 nitrogen and oxygen atoms in total. The van der Waals surface area contributed by atoms with Crippen LogP contribution in [0.15, 0.2) is 17.5 Å². The molecule has 6 heteroatoms. The summed E-state index contributed by atoms with van der Waals surface area (Å²) in [7, 11) is 0. The van der Waals surface area contributed by atoms with E-state index in [0.717, 1.165) is 0 Å². The molecule has 0 spiro atoms. The lowest BCUT2D eigenvalue weighted by Gasteiger charge is -2.07. The summed E-state index contributed by atoms with van der Waals surface area (Å²) >= 11 is 0. The van der Waals surface area contributed by atoms with Gasteiger partial charge in [0.2, 0.25) is 0 Å². The molecule has 0 aliphatic heterocycles. The number of aliphatic hydroxyl groups is 1. The number of aliphatic hydroxyl groups excluding tert-OH is 1. The molecule has 0 fully saturated rings. The van der Waals surface area contributed by atoms with E-state index in [2.05, 4.69) is 20.0 Å².